The Morgan fingerprint density at radius 2 is 1.67 bits per heavy atom. The SMILES string of the molecule is O=C(O)c1cc([N+](=O)[O-])cc2c1Nc1cc(CCc3ccc(O)c(O)c3)ccc1O2. The minimum atomic E-state index is -1.31. The average molecular weight is 408 g/mol. The third-order valence-corrected chi connectivity index (χ3v) is 4.79. The molecule has 1 heterocycles. The number of phenols is 2. The van der Waals surface area contributed by atoms with E-state index in [0.717, 1.165) is 17.2 Å². The molecule has 0 amide bonds. The van der Waals surface area contributed by atoms with Gasteiger partial charge in [-0.25, -0.2) is 4.79 Å². The van der Waals surface area contributed by atoms with Crippen LogP contribution in [0, 0.1) is 10.1 Å². The van der Waals surface area contributed by atoms with Crippen LogP contribution in [0.5, 0.6) is 23.0 Å². The largest absolute Gasteiger partial charge is 0.504 e. The molecule has 152 valence electrons. The molecule has 0 saturated carbocycles. The summed E-state index contributed by atoms with van der Waals surface area (Å²) in [6, 6.07) is 12.2. The Bertz CT molecular complexity index is 1190. The molecule has 0 saturated heterocycles. The van der Waals surface area contributed by atoms with Crippen molar-refractivity contribution in [3.8, 4) is 23.0 Å². The van der Waals surface area contributed by atoms with Gasteiger partial charge in [-0.2, -0.15) is 0 Å². The molecule has 30 heavy (non-hydrogen) atoms. The lowest BCUT2D eigenvalue weighted by atomic mass is 10.0. The number of carbonyl (C=O) groups is 1. The number of hydrogen-bond donors (Lipinski definition) is 4. The van der Waals surface area contributed by atoms with Crippen molar-refractivity contribution in [3.63, 3.8) is 0 Å². The summed E-state index contributed by atoms with van der Waals surface area (Å²) in [5.74, 6) is -1.17. The van der Waals surface area contributed by atoms with Gasteiger partial charge in [0.25, 0.3) is 5.69 Å². The number of anilines is 2. The van der Waals surface area contributed by atoms with E-state index in [1.165, 1.54) is 18.2 Å². The molecule has 3 aromatic carbocycles. The minimum absolute atomic E-state index is 0.0708. The van der Waals surface area contributed by atoms with Crippen molar-refractivity contribution < 1.29 is 29.8 Å². The van der Waals surface area contributed by atoms with Gasteiger partial charge in [0.15, 0.2) is 23.0 Å². The number of fused-ring (bicyclic) bond motifs is 2. The van der Waals surface area contributed by atoms with Crippen molar-refractivity contribution in [2.75, 3.05) is 5.32 Å². The molecular weight excluding hydrogens is 392 g/mol. The van der Waals surface area contributed by atoms with Crippen LogP contribution in [0.3, 0.4) is 0 Å². The van der Waals surface area contributed by atoms with Crippen LogP contribution in [0.4, 0.5) is 17.1 Å². The predicted molar refractivity (Wildman–Crippen MR) is 107 cm³/mol. The summed E-state index contributed by atoms with van der Waals surface area (Å²) in [6.45, 7) is 0. The van der Waals surface area contributed by atoms with Crippen LogP contribution in [-0.2, 0) is 12.8 Å². The zero-order valence-electron chi connectivity index (χ0n) is 15.5. The van der Waals surface area contributed by atoms with Gasteiger partial charge in [-0.15, -0.1) is 0 Å². The quantitative estimate of drug-likeness (QED) is 0.217. The zero-order chi connectivity index (χ0) is 21.4. The van der Waals surface area contributed by atoms with Crippen molar-refractivity contribution in [1.82, 2.24) is 0 Å². The lowest BCUT2D eigenvalue weighted by Crippen LogP contribution is -2.10. The van der Waals surface area contributed by atoms with Crippen LogP contribution >= 0.6 is 0 Å². The van der Waals surface area contributed by atoms with Gasteiger partial charge in [-0.05, 0) is 48.2 Å². The highest BCUT2D eigenvalue weighted by Crippen LogP contribution is 2.45. The standard InChI is InChI=1S/C21H16N2O7/c24-16-5-3-12(8-17(16)25)2-1-11-4-6-18-15(7-11)22-20-14(21(26)27)9-13(23(28)29)10-19(20)30-18/h3-10,22,24-25H,1-2H2,(H,26,27). The van der Waals surface area contributed by atoms with Gasteiger partial charge in [0.2, 0.25) is 0 Å². The molecule has 0 fully saturated rings. The number of rotatable bonds is 5. The fourth-order valence-electron chi connectivity index (χ4n) is 3.27. The molecule has 0 atom stereocenters. The number of ether oxygens (including phenoxy) is 1. The molecule has 1 aliphatic rings. The van der Waals surface area contributed by atoms with Crippen molar-refractivity contribution in [1.29, 1.82) is 0 Å². The number of non-ortho nitro benzene ring substituents is 1. The summed E-state index contributed by atoms with van der Waals surface area (Å²) in [6.07, 6.45) is 1.23. The number of aromatic hydroxyl groups is 2. The molecule has 9 heteroatoms. The first kappa shape index (κ1) is 19.1. The number of nitro groups is 1. The second-order valence-electron chi connectivity index (χ2n) is 6.81. The summed E-state index contributed by atoms with van der Waals surface area (Å²) in [7, 11) is 0. The number of benzene rings is 3. The highest BCUT2D eigenvalue weighted by atomic mass is 16.6. The van der Waals surface area contributed by atoms with E-state index in [2.05, 4.69) is 5.32 Å². The first-order valence-electron chi connectivity index (χ1n) is 8.96. The molecule has 4 rings (SSSR count). The van der Waals surface area contributed by atoms with Gasteiger partial charge in [0.1, 0.15) is 0 Å². The Kier molecular flexibility index (Phi) is 4.63. The van der Waals surface area contributed by atoms with E-state index < -0.39 is 10.9 Å². The Morgan fingerprint density at radius 1 is 0.967 bits per heavy atom. The fraction of sp³-hybridized carbons (Fsp3) is 0.0952. The van der Waals surface area contributed by atoms with Gasteiger partial charge in [0, 0.05) is 6.07 Å². The third kappa shape index (κ3) is 3.55. The molecular formula is C21H16N2O7. The normalized spacial score (nSPS) is 11.6. The molecule has 1 aliphatic heterocycles. The number of carboxylic acids is 1. The number of aromatic carboxylic acids is 1. The summed E-state index contributed by atoms with van der Waals surface area (Å²) < 4.78 is 5.71. The number of aryl methyl sites for hydroxylation is 2. The molecule has 0 radical (unpaired) electrons. The molecule has 0 bridgehead atoms. The second kappa shape index (κ2) is 7.28. The highest BCUT2D eigenvalue weighted by Gasteiger charge is 2.26. The Balaban J connectivity index is 1.60. The monoisotopic (exact) mass is 408 g/mol. The van der Waals surface area contributed by atoms with E-state index in [1.54, 1.807) is 12.1 Å². The maximum atomic E-state index is 11.6. The maximum absolute atomic E-state index is 11.6. The van der Waals surface area contributed by atoms with Crippen molar-refractivity contribution in [2.24, 2.45) is 0 Å². The van der Waals surface area contributed by atoms with Crippen LogP contribution < -0.4 is 10.1 Å². The van der Waals surface area contributed by atoms with Gasteiger partial charge >= 0.3 is 5.97 Å². The molecule has 0 aliphatic carbocycles. The van der Waals surface area contributed by atoms with Crippen LogP contribution in [0.25, 0.3) is 0 Å². The van der Waals surface area contributed by atoms with E-state index in [0.29, 0.717) is 24.3 Å². The van der Waals surface area contributed by atoms with Crippen LogP contribution in [0.15, 0.2) is 48.5 Å². The van der Waals surface area contributed by atoms with Gasteiger partial charge in [-0.3, -0.25) is 10.1 Å². The lowest BCUT2D eigenvalue weighted by Gasteiger charge is -2.23. The molecule has 0 unspecified atom stereocenters. The number of phenolic OH excluding ortho intramolecular Hbond substituents is 2. The molecule has 0 aromatic heterocycles. The van der Waals surface area contributed by atoms with E-state index in [4.69, 9.17) is 4.74 Å². The first-order chi connectivity index (χ1) is 14.3. The third-order valence-electron chi connectivity index (χ3n) is 4.79. The lowest BCUT2D eigenvalue weighted by molar-refractivity contribution is -0.384. The van der Waals surface area contributed by atoms with E-state index in [-0.39, 0.29) is 34.2 Å². The van der Waals surface area contributed by atoms with Crippen LogP contribution in [0.1, 0.15) is 21.5 Å². The molecule has 3 aromatic rings. The smallest absolute Gasteiger partial charge is 0.338 e. The summed E-state index contributed by atoms with van der Waals surface area (Å²) >= 11 is 0. The van der Waals surface area contributed by atoms with E-state index in [9.17, 15) is 30.2 Å². The Hall–Kier alpha value is -4.27. The van der Waals surface area contributed by atoms with Crippen LogP contribution in [0.2, 0.25) is 0 Å². The molecule has 0 spiro atoms. The Morgan fingerprint density at radius 3 is 2.33 bits per heavy atom. The molecule has 9 nitrogen and oxygen atoms in total. The van der Waals surface area contributed by atoms with E-state index in [1.807, 2.05) is 12.1 Å². The molecule has 4 N–H and O–H groups in total. The zero-order valence-corrected chi connectivity index (χ0v) is 15.5. The average Bonchev–Trinajstić information content (AvgIpc) is 2.72. The predicted octanol–water partition coefficient (Wildman–Crippen LogP) is 4.34. The van der Waals surface area contributed by atoms with Crippen molar-refractivity contribution in [3.05, 3.63) is 75.3 Å². The number of hydrogen-bond acceptors (Lipinski definition) is 7. The second-order valence-corrected chi connectivity index (χ2v) is 6.81. The summed E-state index contributed by atoms with van der Waals surface area (Å²) in [5, 5.41) is 42.5. The van der Waals surface area contributed by atoms with Gasteiger partial charge in [0.05, 0.1) is 27.9 Å². The number of nitrogens with one attached hydrogen (secondary N) is 1. The summed E-state index contributed by atoms with van der Waals surface area (Å²) in [4.78, 5) is 22.0. The number of carboxylic acid groups (broad SMARTS) is 1. The minimum Gasteiger partial charge on any atom is -0.504 e. The number of nitro benzene ring substituents is 1. The first-order valence-corrected chi connectivity index (χ1v) is 8.96. The van der Waals surface area contributed by atoms with Crippen molar-refractivity contribution >= 4 is 23.0 Å². The topological polar surface area (TPSA) is 142 Å². The highest BCUT2D eigenvalue weighted by molar-refractivity contribution is 5.99. The van der Waals surface area contributed by atoms with Crippen LogP contribution in [-0.4, -0.2) is 26.2 Å². The Labute approximate surface area is 169 Å². The van der Waals surface area contributed by atoms with E-state index >= 15 is 0 Å². The number of nitrogens with zero attached hydrogens (tertiary/aromatic N) is 1. The summed E-state index contributed by atoms with van der Waals surface area (Å²) in [5.41, 5.74) is 1.85. The van der Waals surface area contributed by atoms with Crippen molar-refractivity contribution in [2.45, 2.75) is 12.8 Å². The maximum Gasteiger partial charge on any atom is 0.338 e. The van der Waals surface area contributed by atoms with Gasteiger partial charge < -0.3 is 25.4 Å². The fourth-order valence-corrected chi connectivity index (χ4v) is 3.27. The van der Waals surface area contributed by atoms with Gasteiger partial charge in [-0.1, -0.05) is 12.1 Å².